The Morgan fingerprint density at radius 2 is 1.75 bits per heavy atom. The standard InChI is InChI=1S/C15H26N2O2S/c1-4-13(5-2)11-17(6-3)20(18,19)12-14-9-7-8-10-15(14)16/h7-10,13H,4-6,11-12,16H2,1-3H3. The van der Waals surface area contributed by atoms with Crippen LogP contribution in [0.15, 0.2) is 24.3 Å². The summed E-state index contributed by atoms with van der Waals surface area (Å²) in [6, 6.07) is 7.14. The highest BCUT2D eigenvalue weighted by molar-refractivity contribution is 7.88. The number of anilines is 1. The molecule has 0 aliphatic heterocycles. The van der Waals surface area contributed by atoms with Crippen molar-refractivity contribution in [1.82, 2.24) is 4.31 Å². The first-order valence-corrected chi connectivity index (χ1v) is 8.86. The number of rotatable bonds is 8. The fourth-order valence-electron chi connectivity index (χ4n) is 2.23. The van der Waals surface area contributed by atoms with Gasteiger partial charge >= 0.3 is 0 Å². The van der Waals surface area contributed by atoms with Gasteiger partial charge in [-0.3, -0.25) is 0 Å². The van der Waals surface area contributed by atoms with Crippen LogP contribution in [-0.2, 0) is 15.8 Å². The summed E-state index contributed by atoms with van der Waals surface area (Å²) in [5.74, 6) is 0.394. The van der Waals surface area contributed by atoms with E-state index in [1.807, 2.05) is 19.1 Å². The highest BCUT2D eigenvalue weighted by atomic mass is 32.2. The van der Waals surface area contributed by atoms with E-state index >= 15 is 0 Å². The molecule has 0 heterocycles. The Kier molecular flexibility index (Phi) is 6.49. The Morgan fingerprint density at radius 1 is 1.15 bits per heavy atom. The Bertz CT molecular complexity index is 510. The van der Waals surface area contributed by atoms with Gasteiger partial charge in [-0.1, -0.05) is 51.8 Å². The van der Waals surface area contributed by atoms with Crippen molar-refractivity contribution in [3.8, 4) is 0 Å². The molecule has 0 aliphatic rings. The van der Waals surface area contributed by atoms with E-state index in [2.05, 4.69) is 13.8 Å². The number of sulfonamides is 1. The fourth-order valence-corrected chi connectivity index (χ4v) is 3.90. The predicted molar refractivity (Wildman–Crippen MR) is 84.8 cm³/mol. The van der Waals surface area contributed by atoms with Crippen LogP contribution in [0.2, 0.25) is 0 Å². The van der Waals surface area contributed by atoms with Crippen molar-refractivity contribution in [2.45, 2.75) is 39.4 Å². The van der Waals surface area contributed by atoms with Crippen molar-refractivity contribution in [2.75, 3.05) is 18.8 Å². The lowest BCUT2D eigenvalue weighted by Crippen LogP contribution is -2.36. The zero-order valence-corrected chi connectivity index (χ0v) is 13.5. The molecule has 0 atom stereocenters. The molecule has 0 fully saturated rings. The average molecular weight is 298 g/mol. The summed E-state index contributed by atoms with van der Waals surface area (Å²) in [7, 11) is -3.31. The molecule has 1 aromatic rings. The van der Waals surface area contributed by atoms with Gasteiger partial charge in [-0.05, 0) is 17.5 Å². The minimum absolute atomic E-state index is 0.0202. The molecule has 0 saturated heterocycles. The summed E-state index contributed by atoms with van der Waals surface area (Å²) < 4.78 is 26.6. The van der Waals surface area contributed by atoms with Crippen LogP contribution in [-0.4, -0.2) is 25.8 Å². The molecule has 0 unspecified atom stereocenters. The van der Waals surface area contributed by atoms with Crippen molar-refractivity contribution in [2.24, 2.45) is 5.92 Å². The lowest BCUT2D eigenvalue weighted by Gasteiger charge is -2.25. The van der Waals surface area contributed by atoms with Crippen LogP contribution in [0, 0.1) is 5.92 Å². The van der Waals surface area contributed by atoms with Gasteiger partial charge in [-0.15, -0.1) is 0 Å². The van der Waals surface area contributed by atoms with Crippen LogP contribution in [0.3, 0.4) is 0 Å². The van der Waals surface area contributed by atoms with E-state index < -0.39 is 10.0 Å². The van der Waals surface area contributed by atoms with E-state index in [1.165, 1.54) is 0 Å². The second kappa shape index (κ2) is 7.64. The Hall–Kier alpha value is -1.07. The Labute approximate surface area is 123 Å². The van der Waals surface area contributed by atoms with Gasteiger partial charge in [0, 0.05) is 18.8 Å². The van der Waals surface area contributed by atoms with Crippen molar-refractivity contribution in [3.63, 3.8) is 0 Å². The minimum atomic E-state index is -3.31. The van der Waals surface area contributed by atoms with Gasteiger partial charge in [-0.2, -0.15) is 0 Å². The molecule has 114 valence electrons. The van der Waals surface area contributed by atoms with Crippen LogP contribution in [0.4, 0.5) is 5.69 Å². The van der Waals surface area contributed by atoms with Crippen LogP contribution >= 0.6 is 0 Å². The number of hydrogen-bond donors (Lipinski definition) is 1. The first-order chi connectivity index (χ1) is 9.44. The zero-order valence-electron chi connectivity index (χ0n) is 12.7. The van der Waals surface area contributed by atoms with E-state index in [0.29, 0.717) is 30.3 Å². The van der Waals surface area contributed by atoms with E-state index in [1.54, 1.807) is 16.4 Å². The van der Waals surface area contributed by atoms with Crippen LogP contribution < -0.4 is 5.73 Å². The molecule has 1 rings (SSSR count). The van der Waals surface area contributed by atoms with E-state index in [0.717, 1.165) is 12.8 Å². The van der Waals surface area contributed by atoms with Crippen molar-refractivity contribution >= 4 is 15.7 Å². The zero-order chi connectivity index (χ0) is 15.2. The van der Waals surface area contributed by atoms with E-state index in [4.69, 9.17) is 5.73 Å². The number of hydrogen-bond acceptors (Lipinski definition) is 3. The first-order valence-electron chi connectivity index (χ1n) is 7.25. The largest absolute Gasteiger partial charge is 0.398 e. The number of nitrogens with zero attached hydrogens (tertiary/aromatic N) is 1. The third-order valence-corrected chi connectivity index (χ3v) is 5.63. The van der Waals surface area contributed by atoms with Gasteiger partial charge in [0.2, 0.25) is 10.0 Å². The van der Waals surface area contributed by atoms with Crippen molar-refractivity contribution in [3.05, 3.63) is 29.8 Å². The van der Waals surface area contributed by atoms with Gasteiger partial charge in [0.05, 0.1) is 5.75 Å². The van der Waals surface area contributed by atoms with Gasteiger partial charge < -0.3 is 5.73 Å². The summed E-state index contributed by atoms with van der Waals surface area (Å²) in [6.07, 6.45) is 1.99. The van der Waals surface area contributed by atoms with E-state index in [-0.39, 0.29) is 5.75 Å². The molecule has 0 aromatic heterocycles. The molecule has 0 amide bonds. The summed E-state index contributed by atoms with van der Waals surface area (Å²) in [5, 5.41) is 0. The SMILES string of the molecule is CCC(CC)CN(CC)S(=O)(=O)Cc1ccccc1N. The summed E-state index contributed by atoms with van der Waals surface area (Å²) >= 11 is 0. The molecular weight excluding hydrogens is 272 g/mol. The van der Waals surface area contributed by atoms with E-state index in [9.17, 15) is 8.42 Å². The highest BCUT2D eigenvalue weighted by Gasteiger charge is 2.23. The van der Waals surface area contributed by atoms with Crippen LogP contribution in [0.25, 0.3) is 0 Å². The molecule has 2 N–H and O–H groups in total. The molecule has 1 aromatic carbocycles. The van der Waals surface area contributed by atoms with Gasteiger partial charge in [0.1, 0.15) is 0 Å². The summed E-state index contributed by atoms with van der Waals surface area (Å²) in [4.78, 5) is 0. The lowest BCUT2D eigenvalue weighted by atomic mass is 10.0. The Balaban J connectivity index is 2.87. The maximum Gasteiger partial charge on any atom is 0.218 e. The normalized spacial score (nSPS) is 12.2. The molecule has 4 nitrogen and oxygen atoms in total. The van der Waals surface area contributed by atoms with Crippen molar-refractivity contribution < 1.29 is 8.42 Å². The second-order valence-corrected chi connectivity index (χ2v) is 7.06. The topological polar surface area (TPSA) is 63.4 Å². The minimum Gasteiger partial charge on any atom is -0.398 e. The quantitative estimate of drug-likeness (QED) is 0.751. The highest BCUT2D eigenvalue weighted by Crippen LogP contribution is 2.19. The van der Waals surface area contributed by atoms with Gasteiger partial charge in [-0.25, -0.2) is 12.7 Å². The molecule has 20 heavy (non-hydrogen) atoms. The smallest absolute Gasteiger partial charge is 0.218 e. The van der Waals surface area contributed by atoms with Gasteiger partial charge in [0.15, 0.2) is 0 Å². The number of benzene rings is 1. The average Bonchev–Trinajstić information content (AvgIpc) is 2.42. The fraction of sp³-hybridized carbons (Fsp3) is 0.600. The van der Waals surface area contributed by atoms with Crippen molar-refractivity contribution in [1.29, 1.82) is 0 Å². The van der Waals surface area contributed by atoms with Gasteiger partial charge in [0.25, 0.3) is 0 Å². The number of para-hydroxylation sites is 1. The molecule has 0 saturated carbocycles. The second-order valence-electron chi connectivity index (χ2n) is 5.09. The lowest BCUT2D eigenvalue weighted by molar-refractivity contribution is 0.339. The molecule has 0 radical (unpaired) electrons. The maximum absolute atomic E-state index is 12.5. The number of nitrogen functional groups attached to an aromatic ring is 1. The van der Waals surface area contributed by atoms with Crippen LogP contribution in [0.1, 0.15) is 39.2 Å². The molecular formula is C15H26N2O2S. The molecule has 0 spiro atoms. The summed E-state index contributed by atoms with van der Waals surface area (Å²) in [6.45, 7) is 7.19. The Morgan fingerprint density at radius 3 is 2.25 bits per heavy atom. The monoisotopic (exact) mass is 298 g/mol. The van der Waals surface area contributed by atoms with Crippen LogP contribution in [0.5, 0.6) is 0 Å². The third kappa shape index (κ3) is 4.49. The molecule has 0 aliphatic carbocycles. The molecule has 0 bridgehead atoms. The first kappa shape index (κ1) is 17.0. The summed E-state index contributed by atoms with van der Waals surface area (Å²) in [5.41, 5.74) is 7.05. The molecule has 5 heteroatoms. The third-order valence-electron chi connectivity index (χ3n) is 3.76. The predicted octanol–water partition coefficient (Wildman–Crippen LogP) is 2.86. The number of nitrogens with two attached hydrogens (primary N) is 1. The maximum atomic E-state index is 12.5.